The molecule has 1 rings (SSSR count). The van der Waals surface area contributed by atoms with Gasteiger partial charge in [-0.05, 0) is 17.9 Å². The van der Waals surface area contributed by atoms with Gasteiger partial charge in [-0.2, -0.15) is 0 Å². The molecule has 0 fully saturated rings. The highest BCUT2D eigenvalue weighted by Crippen LogP contribution is 2.20. The van der Waals surface area contributed by atoms with Crippen molar-refractivity contribution in [2.24, 2.45) is 5.41 Å². The number of aliphatic hydroxyl groups is 1. The molecule has 19 heavy (non-hydrogen) atoms. The summed E-state index contributed by atoms with van der Waals surface area (Å²) in [5.74, 6) is -2.51. The first-order valence-electron chi connectivity index (χ1n) is 5.90. The zero-order valence-electron chi connectivity index (χ0n) is 11.0. The maximum Gasteiger partial charge on any atom is 0.254 e. The van der Waals surface area contributed by atoms with E-state index in [0.717, 1.165) is 6.07 Å². The molecular weight excluding hydrogens is 254 g/mol. The molecule has 106 valence electrons. The normalized spacial score (nSPS) is 11.4. The van der Waals surface area contributed by atoms with Crippen molar-refractivity contribution < 1.29 is 18.7 Å². The summed E-state index contributed by atoms with van der Waals surface area (Å²) in [6, 6.07) is 1.56. The fourth-order valence-electron chi connectivity index (χ4n) is 1.55. The fraction of sp³-hybridized carbons (Fsp3) is 0.462. The lowest BCUT2D eigenvalue weighted by atomic mass is 9.89. The molecule has 0 saturated carbocycles. The molecule has 0 saturated heterocycles. The lowest BCUT2D eigenvalue weighted by Gasteiger charge is -2.23. The number of carbonyl (C=O) groups excluding carboxylic acids is 1. The molecule has 4 N–H and O–H groups in total. The number of anilines is 1. The number of carbonyl (C=O) groups is 1. The smallest absolute Gasteiger partial charge is 0.254 e. The Hall–Kier alpha value is -1.69. The molecule has 0 aliphatic heterocycles. The van der Waals surface area contributed by atoms with Crippen LogP contribution in [0.3, 0.4) is 0 Å². The minimum Gasteiger partial charge on any atom is -0.396 e. The molecule has 0 spiro atoms. The Balaban J connectivity index is 2.77. The second-order valence-electron chi connectivity index (χ2n) is 5.17. The van der Waals surface area contributed by atoms with Gasteiger partial charge in [-0.15, -0.1) is 0 Å². The highest BCUT2D eigenvalue weighted by Gasteiger charge is 2.20. The van der Waals surface area contributed by atoms with Crippen molar-refractivity contribution in [3.8, 4) is 0 Å². The number of benzene rings is 1. The van der Waals surface area contributed by atoms with Crippen LogP contribution in [-0.4, -0.2) is 24.2 Å². The molecule has 0 atom stereocenters. The van der Waals surface area contributed by atoms with Crippen molar-refractivity contribution in [1.82, 2.24) is 5.32 Å². The molecule has 0 heterocycles. The van der Waals surface area contributed by atoms with Gasteiger partial charge in [0.2, 0.25) is 0 Å². The molecule has 1 amide bonds. The lowest BCUT2D eigenvalue weighted by Crippen LogP contribution is -2.35. The van der Waals surface area contributed by atoms with Crippen molar-refractivity contribution in [1.29, 1.82) is 0 Å². The van der Waals surface area contributed by atoms with Crippen LogP contribution in [0.15, 0.2) is 12.1 Å². The van der Waals surface area contributed by atoms with Crippen LogP contribution < -0.4 is 11.1 Å². The number of amides is 1. The first-order valence-corrected chi connectivity index (χ1v) is 5.90. The predicted octanol–water partition coefficient (Wildman–Crippen LogP) is 1.69. The Morgan fingerprint density at radius 1 is 1.37 bits per heavy atom. The highest BCUT2D eigenvalue weighted by atomic mass is 19.1. The predicted molar refractivity (Wildman–Crippen MR) is 68.6 cm³/mol. The standard InChI is InChI=1S/C13H18F2N2O2/c1-13(2,3-4-18)7-17-12(19)8-5-11(16)10(15)6-9(8)14/h5-6,18H,3-4,7,16H2,1-2H3,(H,17,19). The topological polar surface area (TPSA) is 75.3 Å². The van der Waals surface area contributed by atoms with Crippen LogP contribution in [0.1, 0.15) is 30.6 Å². The third-order valence-corrected chi connectivity index (χ3v) is 2.85. The Morgan fingerprint density at radius 3 is 2.58 bits per heavy atom. The summed E-state index contributed by atoms with van der Waals surface area (Å²) in [6.45, 7) is 3.99. The first kappa shape index (κ1) is 15.4. The van der Waals surface area contributed by atoms with Crippen LogP contribution in [0.2, 0.25) is 0 Å². The zero-order valence-corrected chi connectivity index (χ0v) is 11.0. The van der Waals surface area contributed by atoms with Gasteiger partial charge in [0.25, 0.3) is 5.91 Å². The van der Waals surface area contributed by atoms with Gasteiger partial charge in [-0.1, -0.05) is 13.8 Å². The summed E-state index contributed by atoms with van der Waals surface area (Å²) in [7, 11) is 0. The average Bonchev–Trinajstić information content (AvgIpc) is 2.31. The third kappa shape index (κ3) is 4.17. The monoisotopic (exact) mass is 272 g/mol. The van der Waals surface area contributed by atoms with E-state index in [-0.39, 0.29) is 29.8 Å². The minimum absolute atomic E-state index is 0.000722. The zero-order chi connectivity index (χ0) is 14.6. The third-order valence-electron chi connectivity index (χ3n) is 2.85. The number of aliphatic hydroxyl groups excluding tert-OH is 1. The second-order valence-corrected chi connectivity index (χ2v) is 5.17. The maximum atomic E-state index is 13.5. The number of nitrogen functional groups attached to an aromatic ring is 1. The van der Waals surface area contributed by atoms with E-state index in [9.17, 15) is 13.6 Å². The van der Waals surface area contributed by atoms with E-state index < -0.39 is 17.5 Å². The highest BCUT2D eigenvalue weighted by molar-refractivity contribution is 5.95. The van der Waals surface area contributed by atoms with Gasteiger partial charge in [0, 0.05) is 19.2 Å². The summed E-state index contributed by atoms with van der Waals surface area (Å²) in [6.07, 6.45) is 0.501. The SMILES string of the molecule is CC(C)(CCO)CNC(=O)c1cc(N)c(F)cc1F. The van der Waals surface area contributed by atoms with E-state index in [2.05, 4.69) is 5.32 Å². The quantitative estimate of drug-likeness (QED) is 0.714. The molecule has 0 aliphatic rings. The second kappa shape index (κ2) is 5.97. The van der Waals surface area contributed by atoms with Crippen LogP contribution in [0.25, 0.3) is 0 Å². The van der Waals surface area contributed by atoms with E-state index in [4.69, 9.17) is 10.8 Å². The van der Waals surface area contributed by atoms with Gasteiger partial charge in [-0.25, -0.2) is 8.78 Å². The number of nitrogens with two attached hydrogens (primary N) is 1. The number of rotatable bonds is 5. The Kier molecular flexibility index (Phi) is 4.83. The number of nitrogens with one attached hydrogen (secondary N) is 1. The van der Waals surface area contributed by atoms with E-state index in [1.54, 1.807) is 0 Å². The average molecular weight is 272 g/mol. The van der Waals surface area contributed by atoms with Gasteiger partial charge < -0.3 is 16.2 Å². The van der Waals surface area contributed by atoms with Gasteiger partial charge in [0.15, 0.2) is 0 Å². The largest absolute Gasteiger partial charge is 0.396 e. The fourth-order valence-corrected chi connectivity index (χ4v) is 1.55. The van der Waals surface area contributed by atoms with Gasteiger partial charge >= 0.3 is 0 Å². The van der Waals surface area contributed by atoms with Crippen LogP contribution in [0.4, 0.5) is 14.5 Å². The Bertz CT molecular complexity index is 476. The maximum absolute atomic E-state index is 13.5. The minimum atomic E-state index is -0.954. The van der Waals surface area contributed by atoms with Crippen LogP contribution in [0.5, 0.6) is 0 Å². The van der Waals surface area contributed by atoms with Crippen LogP contribution >= 0.6 is 0 Å². The lowest BCUT2D eigenvalue weighted by molar-refractivity contribution is 0.0924. The van der Waals surface area contributed by atoms with Crippen molar-refractivity contribution in [2.45, 2.75) is 20.3 Å². The summed E-state index contributed by atoms with van der Waals surface area (Å²) < 4.78 is 26.4. The summed E-state index contributed by atoms with van der Waals surface area (Å²) in [5, 5.41) is 11.4. The van der Waals surface area contributed by atoms with E-state index >= 15 is 0 Å². The van der Waals surface area contributed by atoms with Crippen molar-refractivity contribution in [3.05, 3.63) is 29.3 Å². The Morgan fingerprint density at radius 2 is 2.00 bits per heavy atom. The van der Waals surface area contributed by atoms with E-state index in [1.165, 1.54) is 0 Å². The summed E-state index contributed by atoms with van der Waals surface area (Å²) >= 11 is 0. The van der Waals surface area contributed by atoms with Crippen molar-refractivity contribution >= 4 is 11.6 Å². The molecule has 0 aromatic heterocycles. The van der Waals surface area contributed by atoms with Crippen LogP contribution in [0, 0.1) is 17.0 Å². The van der Waals surface area contributed by atoms with E-state index in [1.807, 2.05) is 13.8 Å². The molecule has 4 nitrogen and oxygen atoms in total. The van der Waals surface area contributed by atoms with Crippen molar-refractivity contribution in [2.75, 3.05) is 18.9 Å². The molecule has 0 bridgehead atoms. The van der Waals surface area contributed by atoms with E-state index in [0.29, 0.717) is 12.5 Å². The number of hydrogen-bond acceptors (Lipinski definition) is 3. The molecule has 1 aromatic rings. The summed E-state index contributed by atoms with van der Waals surface area (Å²) in [5.41, 5.74) is 4.42. The first-order chi connectivity index (χ1) is 8.76. The van der Waals surface area contributed by atoms with Gasteiger partial charge in [0.1, 0.15) is 11.6 Å². The molecule has 1 aromatic carbocycles. The molecule has 0 unspecified atom stereocenters. The number of hydrogen-bond donors (Lipinski definition) is 3. The molecule has 0 radical (unpaired) electrons. The van der Waals surface area contributed by atoms with Gasteiger partial charge in [0.05, 0.1) is 11.3 Å². The van der Waals surface area contributed by atoms with Crippen LogP contribution in [-0.2, 0) is 0 Å². The Labute approximate surface area is 110 Å². The summed E-state index contributed by atoms with van der Waals surface area (Å²) in [4.78, 5) is 11.8. The van der Waals surface area contributed by atoms with Crippen molar-refractivity contribution in [3.63, 3.8) is 0 Å². The molecule has 0 aliphatic carbocycles. The van der Waals surface area contributed by atoms with Gasteiger partial charge in [-0.3, -0.25) is 4.79 Å². The number of halogens is 2. The molecular formula is C13H18F2N2O2. The molecule has 6 heteroatoms.